The molecule has 27 heavy (non-hydrogen) atoms. The van der Waals surface area contributed by atoms with E-state index in [-0.39, 0.29) is 30.7 Å². The summed E-state index contributed by atoms with van der Waals surface area (Å²) < 4.78 is 31.7. The van der Waals surface area contributed by atoms with Crippen LogP contribution in [-0.4, -0.2) is 74.3 Å². The van der Waals surface area contributed by atoms with Crippen LogP contribution in [0.25, 0.3) is 0 Å². The zero-order valence-electron chi connectivity index (χ0n) is 15.9. The largest absolute Gasteiger partial charge is 0.468 e. The Balaban J connectivity index is 1.87. The number of amides is 1. The average molecular weight is 415 g/mol. The minimum Gasteiger partial charge on any atom is -0.468 e. The highest BCUT2D eigenvalue weighted by Gasteiger charge is 2.30. The number of hydrogen-bond acceptors (Lipinski definition) is 6. The summed E-state index contributed by atoms with van der Waals surface area (Å²) in [5.74, 6) is 0.439. The first-order valence-electron chi connectivity index (χ1n) is 8.75. The van der Waals surface area contributed by atoms with Crippen molar-refractivity contribution in [2.24, 2.45) is 0 Å². The SMILES string of the molecule is COC(=O)CSCCC(=O)N1CCN(S(=O)(=O)c2ccc(C)cc2C)CC1. The van der Waals surface area contributed by atoms with Crippen molar-refractivity contribution in [3.63, 3.8) is 0 Å². The maximum absolute atomic E-state index is 12.9. The quantitative estimate of drug-likeness (QED) is 0.496. The number of carbonyl (C=O) groups excluding carboxylic acids is 2. The normalized spacial score (nSPS) is 15.6. The van der Waals surface area contributed by atoms with Gasteiger partial charge in [0.1, 0.15) is 0 Å². The number of aryl methyl sites for hydroxylation is 2. The molecule has 1 heterocycles. The number of sulfonamides is 1. The molecule has 2 rings (SSSR count). The molecule has 1 saturated heterocycles. The smallest absolute Gasteiger partial charge is 0.315 e. The van der Waals surface area contributed by atoms with Crippen molar-refractivity contribution in [3.05, 3.63) is 29.3 Å². The van der Waals surface area contributed by atoms with Crippen LogP contribution >= 0.6 is 11.8 Å². The molecule has 7 nitrogen and oxygen atoms in total. The summed E-state index contributed by atoms with van der Waals surface area (Å²) in [4.78, 5) is 25.3. The minimum atomic E-state index is -3.55. The molecule has 0 aromatic heterocycles. The van der Waals surface area contributed by atoms with Crippen LogP contribution < -0.4 is 0 Å². The average Bonchev–Trinajstić information content (AvgIpc) is 2.64. The molecule has 1 fully saturated rings. The molecule has 150 valence electrons. The third-order valence-electron chi connectivity index (χ3n) is 4.45. The minimum absolute atomic E-state index is 0.0177. The van der Waals surface area contributed by atoms with Crippen LogP contribution in [0.1, 0.15) is 17.5 Å². The van der Waals surface area contributed by atoms with Gasteiger partial charge in [0.2, 0.25) is 15.9 Å². The van der Waals surface area contributed by atoms with Crippen LogP contribution in [0, 0.1) is 13.8 Å². The molecule has 1 aromatic carbocycles. The lowest BCUT2D eigenvalue weighted by atomic mass is 10.2. The van der Waals surface area contributed by atoms with Gasteiger partial charge < -0.3 is 9.64 Å². The molecular weight excluding hydrogens is 388 g/mol. The van der Waals surface area contributed by atoms with Gasteiger partial charge in [-0.1, -0.05) is 17.7 Å². The molecule has 0 N–H and O–H groups in total. The standard InChI is InChI=1S/C18H26N2O5S2/c1-14-4-5-16(15(2)12-14)27(23,24)20-9-7-19(8-10-20)17(21)6-11-26-13-18(22)25-3/h4-5,12H,6-11,13H2,1-3H3. The Hall–Kier alpha value is -1.58. The fourth-order valence-corrected chi connectivity index (χ4v) is 5.31. The Morgan fingerprint density at radius 1 is 1.15 bits per heavy atom. The lowest BCUT2D eigenvalue weighted by Crippen LogP contribution is -2.50. The number of benzene rings is 1. The molecule has 0 spiro atoms. The summed E-state index contributed by atoms with van der Waals surface area (Å²) in [5, 5.41) is 0. The highest BCUT2D eigenvalue weighted by Crippen LogP contribution is 2.22. The number of rotatable bonds is 7. The number of esters is 1. The summed E-state index contributed by atoms with van der Waals surface area (Å²) in [5.41, 5.74) is 1.75. The number of thioether (sulfide) groups is 1. The van der Waals surface area contributed by atoms with Gasteiger partial charge in [0, 0.05) is 38.4 Å². The zero-order valence-corrected chi connectivity index (χ0v) is 17.6. The second-order valence-corrected chi connectivity index (χ2v) is 9.44. The van der Waals surface area contributed by atoms with Crippen LogP contribution in [0.5, 0.6) is 0 Å². The van der Waals surface area contributed by atoms with Gasteiger partial charge in [-0.25, -0.2) is 8.42 Å². The topological polar surface area (TPSA) is 84.0 Å². The lowest BCUT2D eigenvalue weighted by Gasteiger charge is -2.34. The van der Waals surface area contributed by atoms with E-state index in [1.165, 1.54) is 23.2 Å². The number of nitrogens with zero attached hydrogens (tertiary/aromatic N) is 2. The predicted molar refractivity (Wildman–Crippen MR) is 105 cm³/mol. The van der Waals surface area contributed by atoms with Gasteiger partial charge >= 0.3 is 5.97 Å². The van der Waals surface area contributed by atoms with E-state index in [1.807, 2.05) is 13.0 Å². The first kappa shape index (κ1) is 21.7. The fourth-order valence-electron chi connectivity index (χ4n) is 2.94. The molecule has 0 atom stereocenters. The van der Waals surface area contributed by atoms with Crippen molar-refractivity contribution in [3.8, 4) is 0 Å². The molecule has 1 aromatic rings. The van der Waals surface area contributed by atoms with E-state index in [0.29, 0.717) is 30.2 Å². The molecule has 0 saturated carbocycles. The molecule has 0 aliphatic carbocycles. The fraction of sp³-hybridized carbons (Fsp3) is 0.556. The van der Waals surface area contributed by atoms with Gasteiger partial charge in [-0.3, -0.25) is 9.59 Å². The van der Waals surface area contributed by atoms with Gasteiger partial charge in [0.25, 0.3) is 0 Å². The van der Waals surface area contributed by atoms with E-state index >= 15 is 0 Å². The van der Waals surface area contributed by atoms with Crippen molar-refractivity contribution in [2.45, 2.75) is 25.2 Å². The first-order chi connectivity index (χ1) is 12.8. The molecular formula is C18H26N2O5S2. The van der Waals surface area contributed by atoms with E-state index < -0.39 is 10.0 Å². The number of carbonyl (C=O) groups is 2. The number of hydrogen-bond donors (Lipinski definition) is 0. The number of ether oxygens (including phenoxy) is 1. The Morgan fingerprint density at radius 2 is 1.81 bits per heavy atom. The van der Waals surface area contributed by atoms with Gasteiger partial charge in [-0.2, -0.15) is 4.31 Å². The van der Waals surface area contributed by atoms with Crippen molar-refractivity contribution >= 4 is 33.7 Å². The lowest BCUT2D eigenvalue weighted by molar-refractivity contribution is -0.137. The number of piperazine rings is 1. The van der Waals surface area contributed by atoms with Gasteiger partial charge in [-0.15, -0.1) is 11.8 Å². The van der Waals surface area contributed by atoms with Crippen LogP contribution in [0.2, 0.25) is 0 Å². The van der Waals surface area contributed by atoms with E-state index in [2.05, 4.69) is 4.74 Å². The Bertz CT molecular complexity index is 787. The van der Waals surface area contributed by atoms with Gasteiger partial charge in [-0.05, 0) is 25.5 Å². The summed E-state index contributed by atoms with van der Waals surface area (Å²) in [6.45, 7) is 5.06. The molecule has 9 heteroatoms. The van der Waals surface area contributed by atoms with Gasteiger partial charge in [0.15, 0.2) is 0 Å². The van der Waals surface area contributed by atoms with Crippen LogP contribution in [0.4, 0.5) is 0 Å². The second-order valence-electron chi connectivity index (χ2n) is 6.43. The van der Waals surface area contributed by atoms with Crippen molar-refractivity contribution in [1.82, 2.24) is 9.21 Å². The summed E-state index contributed by atoms with van der Waals surface area (Å²) in [6.07, 6.45) is 0.325. The van der Waals surface area contributed by atoms with E-state index in [9.17, 15) is 18.0 Å². The highest BCUT2D eigenvalue weighted by molar-refractivity contribution is 7.99. The summed E-state index contributed by atoms with van der Waals surface area (Å²) in [6, 6.07) is 5.31. The molecule has 0 radical (unpaired) electrons. The van der Waals surface area contributed by atoms with E-state index in [4.69, 9.17) is 0 Å². The number of methoxy groups -OCH3 is 1. The van der Waals surface area contributed by atoms with Crippen LogP contribution in [-0.2, 0) is 24.3 Å². The first-order valence-corrected chi connectivity index (χ1v) is 11.3. The Labute approximate surface area is 165 Å². The molecule has 0 bridgehead atoms. The predicted octanol–water partition coefficient (Wildman–Crippen LogP) is 1.43. The van der Waals surface area contributed by atoms with Gasteiger partial charge in [0.05, 0.1) is 17.8 Å². The molecule has 1 amide bonds. The van der Waals surface area contributed by atoms with Crippen LogP contribution in [0.15, 0.2) is 23.1 Å². The Kier molecular flexibility index (Phi) is 7.69. The monoisotopic (exact) mass is 414 g/mol. The zero-order chi connectivity index (χ0) is 20.0. The Morgan fingerprint density at radius 3 is 2.41 bits per heavy atom. The molecule has 0 unspecified atom stereocenters. The third-order valence-corrected chi connectivity index (χ3v) is 7.44. The summed E-state index contributed by atoms with van der Waals surface area (Å²) in [7, 11) is -2.22. The maximum atomic E-state index is 12.9. The van der Waals surface area contributed by atoms with Crippen molar-refractivity contribution in [2.75, 3.05) is 44.8 Å². The van der Waals surface area contributed by atoms with E-state index in [1.54, 1.807) is 24.0 Å². The molecule has 1 aliphatic heterocycles. The second kappa shape index (κ2) is 9.57. The van der Waals surface area contributed by atoms with Crippen molar-refractivity contribution < 1.29 is 22.7 Å². The van der Waals surface area contributed by atoms with E-state index in [0.717, 1.165) is 11.1 Å². The highest BCUT2D eigenvalue weighted by atomic mass is 32.2. The third kappa shape index (κ3) is 5.70. The van der Waals surface area contributed by atoms with Crippen molar-refractivity contribution in [1.29, 1.82) is 0 Å². The van der Waals surface area contributed by atoms with Crippen LogP contribution in [0.3, 0.4) is 0 Å². The summed E-state index contributed by atoms with van der Waals surface area (Å²) >= 11 is 1.35. The maximum Gasteiger partial charge on any atom is 0.315 e. The molecule has 1 aliphatic rings.